The summed E-state index contributed by atoms with van der Waals surface area (Å²) < 4.78 is 50.9. The van der Waals surface area contributed by atoms with Crippen LogP contribution in [-0.2, 0) is 14.7 Å². The number of fused-ring (bicyclic) bond motifs is 1. The minimum Gasteiger partial charge on any atom is -0.312 e. The van der Waals surface area contributed by atoms with E-state index < -0.39 is 33.0 Å². The number of oxime groups is 1. The van der Waals surface area contributed by atoms with Crippen molar-refractivity contribution in [2.45, 2.75) is 10.6 Å². The molecule has 0 atom stereocenters. The maximum Gasteiger partial charge on any atom is 0.371 e. The molecule has 0 fully saturated rings. The molecule has 2 aromatic rings. The van der Waals surface area contributed by atoms with Crippen molar-refractivity contribution in [1.29, 1.82) is 0 Å². The van der Waals surface area contributed by atoms with E-state index in [1.807, 2.05) is 0 Å². The number of nitrogens with zero attached hydrogens (tertiary/aromatic N) is 1. The van der Waals surface area contributed by atoms with Gasteiger partial charge in [-0.05, 0) is 23.6 Å². The number of carbonyl (C=O) groups is 1. The molecule has 0 saturated carbocycles. The van der Waals surface area contributed by atoms with Crippen LogP contribution in [0.5, 0.6) is 0 Å². The highest BCUT2D eigenvalue weighted by molar-refractivity contribution is 7.93. The zero-order valence-corrected chi connectivity index (χ0v) is 13.1. The Kier molecular flexibility index (Phi) is 3.99. The lowest BCUT2D eigenvalue weighted by atomic mass is 10.1. The highest BCUT2D eigenvalue weighted by atomic mass is 32.2. The average molecular weight is 357 g/mol. The zero-order valence-electron chi connectivity index (χ0n) is 11.5. The van der Waals surface area contributed by atoms with E-state index in [1.54, 1.807) is 11.4 Å². The predicted molar refractivity (Wildman–Crippen MR) is 79.3 cm³/mol. The molecule has 23 heavy (non-hydrogen) atoms. The molecule has 120 valence electrons. The number of benzene rings is 1. The van der Waals surface area contributed by atoms with Crippen LogP contribution < -0.4 is 0 Å². The topological polar surface area (TPSA) is 72.8 Å². The summed E-state index contributed by atoms with van der Waals surface area (Å²) in [4.78, 5) is 16.4. The van der Waals surface area contributed by atoms with Crippen LogP contribution in [0.25, 0.3) is 0 Å². The standard InChI is InChI=1S/C14H9F2NO4S2/c15-9-2-1-3-10(16)12(9)13(18)21-17-11-5-7-23(19,20)14-8(11)4-6-22-14/h1-4,6H,5,7H2/b17-11-. The van der Waals surface area contributed by atoms with Gasteiger partial charge in [-0.2, -0.15) is 0 Å². The van der Waals surface area contributed by atoms with E-state index in [2.05, 4.69) is 9.99 Å². The Hall–Kier alpha value is -2.13. The maximum atomic E-state index is 13.5. The SMILES string of the molecule is O=C(O/N=C1/CCS(=O)(=O)c2sccc21)c1c(F)cccc1F. The third-order valence-corrected chi connectivity index (χ3v) is 6.52. The molecule has 2 heterocycles. The highest BCUT2D eigenvalue weighted by Crippen LogP contribution is 2.30. The zero-order chi connectivity index (χ0) is 16.6. The van der Waals surface area contributed by atoms with Gasteiger partial charge in [0.15, 0.2) is 9.84 Å². The number of sulfone groups is 1. The Labute approximate surface area is 134 Å². The molecule has 5 nitrogen and oxygen atoms in total. The maximum absolute atomic E-state index is 13.5. The first-order chi connectivity index (χ1) is 10.9. The molecule has 0 amide bonds. The van der Waals surface area contributed by atoms with Crippen LogP contribution in [0.15, 0.2) is 39.0 Å². The third kappa shape index (κ3) is 2.89. The van der Waals surface area contributed by atoms with Crippen LogP contribution in [-0.4, -0.2) is 25.9 Å². The second kappa shape index (κ2) is 5.82. The largest absolute Gasteiger partial charge is 0.371 e. The summed E-state index contributed by atoms with van der Waals surface area (Å²) in [5.41, 5.74) is -0.241. The van der Waals surface area contributed by atoms with Crippen molar-refractivity contribution < 1.29 is 26.8 Å². The summed E-state index contributed by atoms with van der Waals surface area (Å²) in [6.07, 6.45) is 0.0547. The summed E-state index contributed by atoms with van der Waals surface area (Å²) in [7, 11) is -3.36. The second-order valence-corrected chi connectivity index (χ2v) is 7.92. The van der Waals surface area contributed by atoms with Gasteiger partial charge in [-0.15, -0.1) is 11.3 Å². The van der Waals surface area contributed by atoms with E-state index in [0.29, 0.717) is 5.56 Å². The summed E-state index contributed by atoms with van der Waals surface area (Å²) >= 11 is 1.04. The van der Waals surface area contributed by atoms with Crippen molar-refractivity contribution in [3.8, 4) is 0 Å². The number of hydrogen-bond acceptors (Lipinski definition) is 6. The lowest BCUT2D eigenvalue weighted by molar-refractivity contribution is 0.0504. The molecule has 0 unspecified atom stereocenters. The van der Waals surface area contributed by atoms with Crippen molar-refractivity contribution >= 4 is 32.9 Å². The van der Waals surface area contributed by atoms with Gasteiger partial charge in [0, 0.05) is 12.0 Å². The molecule has 1 aromatic carbocycles. The van der Waals surface area contributed by atoms with Gasteiger partial charge in [-0.3, -0.25) is 0 Å². The number of thiophene rings is 1. The van der Waals surface area contributed by atoms with Crippen LogP contribution in [0.1, 0.15) is 22.3 Å². The van der Waals surface area contributed by atoms with Crippen LogP contribution >= 0.6 is 11.3 Å². The van der Waals surface area contributed by atoms with Gasteiger partial charge >= 0.3 is 5.97 Å². The molecular weight excluding hydrogens is 348 g/mol. The van der Waals surface area contributed by atoms with Gasteiger partial charge in [0.1, 0.15) is 21.4 Å². The summed E-state index contributed by atoms with van der Waals surface area (Å²) in [5.74, 6) is -3.56. The lowest BCUT2D eigenvalue weighted by Crippen LogP contribution is -2.20. The molecule has 0 saturated heterocycles. The fraction of sp³-hybridized carbons (Fsp3) is 0.143. The Balaban J connectivity index is 1.89. The van der Waals surface area contributed by atoms with E-state index in [1.165, 1.54) is 0 Å². The fourth-order valence-corrected chi connectivity index (χ4v) is 4.95. The molecule has 0 radical (unpaired) electrons. The van der Waals surface area contributed by atoms with Crippen molar-refractivity contribution in [3.63, 3.8) is 0 Å². The van der Waals surface area contributed by atoms with Gasteiger partial charge in [0.25, 0.3) is 0 Å². The molecule has 0 aliphatic carbocycles. The minimum atomic E-state index is -3.36. The summed E-state index contributed by atoms with van der Waals surface area (Å²) in [5, 5.41) is 5.18. The summed E-state index contributed by atoms with van der Waals surface area (Å²) in [6, 6.07) is 4.53. The molecule has 1 aliphatic rings. The first kappa shape index (κ1) is 15.8. The first-order valence-electron chi connectivity index (χ1n) is 6.43. The van der Waals surface area contributed by atoms with Crippen LogP contribution in [0.4, 0.5) is 8.78 Å². The Morgan fingerprint density at radius 1 is 1.22 bits per heavy atom. The highest BCUT2D eigenvalue weighted by Gasteiger charge is 2.30. The van der Waals surface area contributed by atoms with E-state index in [0.717, 1.165) is 29.5 Å². The van der Waals surface area contributed by atoms with E-state index in [9.17, 15) is 22.0 Å². The van der Waals surface area contributed by atoms with Gasteiger partial charge in [0.2, 0.25) is 0 Å². The quantitative estimate of drug-likeness (QED) is 0.612. The van der Waals surface area contributed by atoms with Crippen molar-refractivity contribution in [1.82, 2.24) is 0 Å². The van der Waals surface area contributed by atoms with Gasteiger partial charge in [-0.25, -0.2) is 22.0 Å². The van der Waals surface area contributed by atoms with Crippen LogP contribution in [0.3, 0.4) is 0 Å². The van der Waals surface area contributed by atoms with Crippen LogP contribution in [0.2, 0.25) is 0 Å². The van der Waals surface area contributed by atoms with Gasteiger partial charge in [0.05, 0.1) is 11.5 Å². The smallest absolute Gasteiger partial charge is 0.312 e. The molecule has 1 aromatic heterocycles. The molecule has 3 rings (SSSR count). The predicted octanol–water partition coefficient (Wildman–Crippen LogP) is 2.76. The lowest BCUT2D eigenvalue weighted by Gasteiger charge is -2.13. The summed E-state index contributed by atoms with van der Waals surface area (Å²) in [6.45, 7) is 0. The van der Waals surface area contributed by atoms with Gasteiger partial charge < -0.3 is 4.84 Å². The van der Waals surface area contributed by atoms with Crippen molar-refractivity contribution in [2.75, 3.05) is 5.75 Å². The van der Waals surface area contributed by atoms with E-state index in [-0.39, 0.29) is 22.1 Å². The van der Waals surface area contributed by atoms with E-state index >= 15 is 0 Å². The molecule has 0 spiro atoms. The van der Waals surface area contributed by atoms with Crippen molar-refractivity contribution in [2.24, 2.45) is 5.16 Å². The number of rotatable bonds is 2. The molecule has 1 aliphatic heterocycles. The minimum absolute atomic E-state index is 0.0547. The molecule has 9 heteroatoms. The normalized spacial score (nSPS) is 17.7. The monoisotopic (exact) mass is 357 g/mol. The number of halogens is 2. The third-order valence-electron chi connectivity index (χ3n) is 3.24. The Bertz CT molecular complexity index is 898. The van der Waals surface area contributed by atoms with Gasteiger partial charge in [-0.1, -0.05) is 11.2 Å². The average Bonchev–Trinajstić information content (AvgIpc) is 2.97. The molecular formula is C14H9F2NO4S2. The van der Waals surface area contributed by atoms with E-state index in [4.69, 9.17) is 0 Å². The molecule has 0 bridgehead atoms. The van der Waals surface area contributed by atoms with Crippen molar-refractivity contribution in [3.05, 3.63) is 52.4 Å². The second-order valence-electron chi connectivity index (χ2n) is 4.70. The molecule has 0 N–H and O–H groups in total. The number of hydrogen-bond donors (Lipinski definition) is 0. The Morgan fingerprint density at radius 2 is 1.91 bits per heavy atom. The van der Waals surface area contributed by atoms with Crippen LogP contribution in [0, 0.1) is 11.6 Å². The fourth-order valence-electron chi connectivity index (χ4n) is 2.14. The Morgan fingerprint density at radius 3 is 2.61 bits per heavy atom. The number of carbonyl (C=O) groups excluding carboxylic acids is 1. The first-order valence-corrected chi connectivity index (χ1v) is 8.96.